The molecule has 1 aromatic carbocycles. The number of hydrogen-bond acceptors (Lipinski definition) is 6. The average molecular weight is 310 g/mol. The van der Waals surface area contributed by atoms with Gasteiger partial charge in [-0.25, -0.2) is 0 Å². The minimum Gasteiger partial charge on any atom is -0.368 e. The second-order valence-corrected chi connectivity index (χ2v) is 5.03. The van der Waals surface area contributed by atoms with Crippen LogP contribution in [0.4, 0.5) is 18.9 Å². The molecule has 11 heteroatoms. The van der Waals surface area contributed by atoms with Gasteiger partial charge in [-0.1, -0.05) is 0 Å². The molecule has 0 N–H and O–H groups in total. The van der Waals surface area contributed by atoms with Gasteiger partial charge in [0.1, 0.15) is 0 Å². The minimum absolute atomic E-state index is 0.217. The standard InChI is InChI=1S/C9H5F3N2O5S/c1-5-2-6(4-13)3-7(14(15)16)8(5)19-20(17,18)9(10,11)12/h2-3H,1H3. The molecule has 0 atom stereocenters. The number of hydrogen-bond donors (Lipinski definition) is 0. The highest BCUT2D eigenvalue weighted by atomic mass is 32.2. The Balaban J connectivity index is 3.48. The van der Waals surface area contributed by atoms with Crippen molar-refractivity contribution in [3.63, 3.8) is 0 Å². The molecule has 0 aliphatic rings. The second-order valence-electron chi connectivity index (χ2n) is 3.49. The van der Waals surface area contributed by atoms with Crippen molar-refractivity contribution in [3.05, 3.63) is 33.4 Å². The number of halogens is 3. The van der Waals surface area contributed by atoms with E-state index in [-0.39, 0.29) is 11.1 Å². The molecule has 0 unspecified atom stereocenters. The summed E-state index contributed by atoms with van der Waals surface area (Å²) in [6.07, 6.45) is 0. The summed E-state index contributed by atoms with van der Waals surface area (Å²) in [5, 5.41) is 19.3. The molecule has 0 radical (unpaired) electrons. The van der Waals surface area contributed by atoms with Crippen LogP contribution in [0, 0.1) is 28.4 Å². The van der Waals surface area contributed by atoms with Crippen molar-refractivity contribution in [1.82, 2.24) is 0 Å². The number of nitro benzene ring substituents is 1. The summed E-state index contributed by atoms with van der Waals surface area (Å²) < 4.78 is 62.1. The third-order valence-corrected chi connectivity index (χ3v) is 3.01. The molecular formula is C9H5F3N2O5S. The lowest BCUT2D eigenvalue weighted by molar-refractivity contribution is -0.385. The molecule has 1 rings (SSSR count). The van der Waals surface area contributed by atoms with Crippen LogP contribution in [0.15, 0.2) is 12.1 Å². The molecule has 0 saturated heterocycles. The van der Waals surface area contributed by atoms with Gasteiger partial charge in [0.05, 0.1) is 16.6 Å². The van der Waals surface area contributed by atoms with E-state index in [0.717, 1.165) is 13.0 Å². The highest BCUT2D eigenvalue weighted by molar-refractivity contribution is 7.88. The van der Waals surface area contributed by atoms with Gasteiger partial charge in [0.25, 0.3) is 0 Å². The van der Waals surface area contributed by atoms with Gasteiger partial charge in [-0.2, -0.15) is 26.9 Å². The number of benzene rings is 1. The van der Waals surface area contributed by atoms with Crippen molar-refractivity contribution >= 4 is 15.8 Å². The summed E-state index contributed by atoms with van der Waals surface area (Å²) in [6.45, 7) is 1.08. The first kappa shape index (κ1) is 15.7. The lowest BCUT2D eigenvalue weighted by Crippen LogP contribution is -2.28. The van der Waals surface area contributed by atoms with E-state index in [0.29, 0.717) is 6.07 Å². The predicted molar refractivity (Wildman–Crippen MR) is 58.2 cm³/mol. The van der Waals surface area contributed by atoms with E-state index < -0.39 is 32.0 Å². The Labute approximate surface area is 110 Å². The average Bonchev–Trinajstić information content (AvgIpc) is 2.29. The largest absolute Gasteiger partial charge is 0.534 e. The van der Waals surface area contributed by atoms with Crippen LogP contribution in [0.2, 0.25) is 0 Å². The molecule has 0 aliphatic carbocycles. The molecule has 1 aromatic rings. The zero-order valence-corrected chi connectivity index (χ0v) is 10.4. The highest BCUT2D eigenvalue weighted by Crippen LogP contribution is 2.36. The van der Waals surface area contributed by atoms with Gasteiger partial charge in [-0.15, -0.1) is 0 Å². The smallest absolute Gasteiger partial charge is 0.368 e. The van der Waals surface area contributed by atoms with Crippen molar-refractivity contribution in [2.45, 2.75) is 12.4 Å². The molecule has 0 aliphatic heterocycles. The molecule has 0 spiro atoms. The maximum absolute atomic E-state index is 12.2. The normalized spacial score (nSPS) is 11.8. The molecule has 0 aromatic heterocycles. The van der Waals surface area contributed by atoms with Gasteiger partial charge >= 0.3 is 21.3 Å². The second kappa shape index (κ2) is 4.97. The van der Waals surface area contributed by atoms with Crippen molar-refractivity contribution in [2.75, 3.05) is 0 Å². The number of rotatable bonds is 3. The maximum atomic E-state index is 12.2. The third kappa shape index (κ3) is 2.97. The molecule has 0 saturated carbocycles. The Morgan fingerprint density at radius 3 is 2.35 bits per heavy atom. The summed E-state index contributed by atoms with van der Waals surface area (Å²) >= 11 is 0. The lowest BCUT2D eigenvalue weighted by atomic mass is 10.1. The van der Waals surface area contributed by atoms with Crippen LogP contribution in [0.3, 0.4) is 0 Å². The van der Waals surface area contributed by atoms with E-state index in [1.54, 1.807) is 6.07 Å². The van der Waals surface area contributed by atoms with Gasteiger partial charge in [0.2, 0.25) is 5.75 Å². The summed E-state index contributed by atoms with van der Waals surface area (Å²) in [7, 11) is -6.04. The Morgan fingerprint density at radius 1 is 1.40 bits per heavy atom. The lowest BCUT2D eigenvalue weighted by Gasteiger charge is -2.11. The van der Waals surface area contributed by atoms with Gasteiger partial charge < -0.3 is 4.18 Å². The third-order valence-electron chi connectivity index (χ3n) is 2.06. The fraction of sp³-hybridized carbons (Fsp3) is 0.222. The molecule has 108 valence electrons. The van der Waals surface area contributed by atoms with E-state index in [1.807, 2.05) is 0 Å². The van der Waals surface area contributed by atoms with Gasteiger partial charge in [0.15, 0.2) is 0 Å². The van der Waals surface area contributed by atoms with Crippen molar-refractivity contribution in [3.8, 4) is 11.8 Å². The Kier molecular flexibility index (Phi) is 3.90. The van der Waals surface area contributed by atoms with E-state index in [9.17, 15) is 31.7 Å². The SMILES string of the molecule is Cc1cc(C#N)cc([N+](=O)[O-])c1OS(=O)(=O)C(F)(F)F. The Morgan fingerprint density at radius 2 is 1.95 bits per heavy atom. The Bertz CT molecular complexity index is 706. The highest BCUT2D eigenvalue weighted by Gasteiger charge is 2.49. The number of nitriles is 1. The minimum atomic E-state index is -6.04. The summed E-state index contributed by atoms with van der Waals surface area (Å²) in [5.41, 5.74) is -7.27. The number of aryl methyl sites for hydroxylation is 1. The first-order valence-electron chi connectivity index (χ1n) is 4.69. The fourth-order valence-corrected chi connectivity index (χ4v) is 1.75. The summed E-state index contributed by atoms with van der Waals surface area (Å²) in [4.78, 5) is 9.57. The van der Waals surface area contributed by atoms with Crippen LogP contribution in [-0.4, -0.2) is 18.8 Å². The summed E-state index contributed by atoms with van der Waals surface area (Å²) in [6, 6.07) is 3.14. The van der Waals surface area contributed by atoms with Gasteiger partial charge in [-0.3, -0.25) is 10.1 Å². The van der Waals surface area contributed by atoms with Crippen molar-refractivity contribution in [1.29, 1.82) is 5.26 Å². The molecule has 0 heterocycles. The van der Waals surface area contributed by atoms with E-state index >= 15 is 0 Å². The monoisotopic (exact) mass is 310 g/mol. The molecule has 0 bridgehead atoms. The van der Waals surface area contributed by atoms with E-state index in [4.69, 9.17) is 5.26 Å². The van der Waals surface area contributed by atoms with Crippen LogP contribution in [0.25, 0.3) is 0 Å². The van der Waals surface area contributed by atoms with Crippen LogP contribution in [0.5, 0.6) is 5.75 Å². The quantitative estimate of drug-likeness (QED) is 0.365. The fourth-order valence-electron chi connectivity index (χ4n) is 1.22. The van der Waals surface area contributed by atoms with Crippen LogP contribution in [-0.2, 0) is 10.1 Å². The van der Waals surface area contributed by atoms with Gasteiger partial charge in [0, 0.05) is 11.6 Å². The van der Waals surface area contributed by atoms with Gasteiger partial charge in [-0.05, 0) is 13.0 Å². The first-order valence-corrected chi connectivity index (χ1v) is 6.10. The predicted octanol–water partition coefficient (Wildman–Crippen LogP) is 2.00. The Hall–Kier alpha value is -2.35. The number of alkyl halides is 3. The van der Waals surface area contributed by atoms with Crippen LogP contribution < -0.4 is 4.18 Å². The van der Waals surface area contributed by atoms with E-state index in [2.05, 4.69) is 4.18 Å². The van der Waals surface area contributed by atoms with Crippen LogP contribution >= 0.6 is 0 Å². The molecular weight excluding hydrogens is 305 g/mol. The van der Waals surface area contributed by atoms with Crippen molar-refractivity contribution < 1.29 is 30.7 Å². The van der Waals surface area contributed by atoms with E-state index in [1.165, 1.54) is 0 Å². The molecule has 0 amide bonds. The van der Waals surface area contributed by atoms with Crippen molar-refractivity contribution in [2.24, 2.45) is 0 Å². The molecule has 0 fully saturated rings. The van der Waals surface area contributed by atoms with Crippen LogP contribution in [0.1, 0.15) is 11.1 Å². The number of nitro groups is 1. The number of nitrogens with zero attached hydrogens (tertiary/aromatic N) is 2. The zero-order valence-electron chi connectivity index (χ0n) is 9.63. The molecule has 20 heavy (non-hydrogen) atoms. The first-order chi connectivity index (χ1) is 8.99. The maximum Gasteiger partial charge on any atom is 0.534 e. The molecule has 7 nitrogen and oxygen atoms in total. The zero-order chi connectivity index (χ0) is 15.7. The summed E-state index contributed by atoms with van der Waals surface area (Å²) in [5.74, 6) is -1.08. The topological polar surface area (TPSA) is 110 Å².